The van der Waals surface area contributed by atoms with Gasteiger partial charge in [0.2, 0.25) is 5.89 Å². The van der Waals surface area contributed by atoms with Gasteiger partial charge in [0.25, 0.3) is 10.0 Å². The number of hydrogen-bond acceptors (Lipinski definition) is 6. The highest BCUT2D eigenvalue weighted by Gasteiger charge is 2.18. The summed E-state index contributed by atoms with van der Waals surface area (Å²) in [6.07, 6.45) is 2.73. The zero-order valence-electron chi connectivity index (χ0n) is 8.68. The molecule has 0 saturated carbocycles. The van der Waals surface area contributed by atoms with Crippen molar-refractivity contribution in [2.24, 2.45) is 0 Å². The van der Waals surface area contributed by atoms with E-state index in [0.29, 0.717) is 11.7 Å². The van der Waals surface area contributed by atoms with Crippen molar-refractivity contribution < 1.29 is 12.8 Å². The van der Waals surface area contributed by atoms with Crippen LogP contribution in [0.5, 0.6) is 0 Å². The number of rotatable bonds is 4. The fraction of sp³-hybridized carbons (Fsp3) is 0.250. The lowest BCUT2D eigenvalue weighted by Crippen LogP contribution is -2.22. The van der Waals surface area contributed by atoms with E-state index in [4.69, 9.17) is 16.0 Å². The first-order valence-corrected chi connectivity index (χ1v) is 7.17. The smallest absolute Gasteiger partial charge is 0.252 e. The molecule has 17 heavy (non-hydrogen) atoms. The minimum absolute atomic E-state index is 0.00824. The molecule has 0 aliphatic rings. The molecule has 0 unspecified atom stereocenters. The van der Waals surface area contributed by atoms with Crippen LogP contribution >= 0.6 is 22.9 Å². The molecule has 0 spiro atoms. The predicted octanol–water partition coefficient (Wildman–Crippen LogP) is 1.57. The second-order valence-corrected chi connectivity index (χ2v) is 6.73. The average Bonchev–Trinajstić information content (AvgIpc) is 2.85. The first kappa shape index (κ1) is 12.5. The Morgan fingerprint density at radius 2 is 2.24 bits per heavy atom. The van der Waals surface area contributed by atoms with Crippen LogP contribution in [0.4, 0.5) is 0 Å². The van der Waals surface area contributed by atoms with Crippen molar-refractivity contribution in [3.05, 3.63) is 28.5 Å². The van der Waals surface area contributed by atoms with E-state index in [2.05, 4.69) is 14.7 Å². The van der Waals surface area contributed by atoms with Crippen LogP contribution in [0.25, 0.3) is 0 Å². The highest BCUT2D eigenvalue weighted by Crippen LogP contribution is 2.22. The first-order valence-electron chi connectivity index (χ1n) is 4.50. The zero-order chi connectivity index (χ0) is 12.5. The summed E-state index contributed by atoms with van der Waals surface area (Å²) in [6, 6.07) is 0. The monoisotopic (exact) mass is 293 g/mol. The molecule has 0 aliphatic carbocycles. The van der Waals surface area contributed by atoms with Crippen LogP contribution in [0.2, 0.25) is 4.47 Å². The van der Waals surface area contributed by atoms with Gasteiger partial charge in [0.15, 0.2) is 8.68 Å². The lowest BCUT2D eigenvalue weighted by Gasteiger charge is -2.00. The molecule has 0 bridgehead atoms. The standard InChI is InChI=1S/C8H8ClN3O3S2/c1-5-2-10-6(15-5)3-12-17(13,14)7-4-11-8(9)16-7/h2,4,12H,3H2,1H3. The van der Waals surface area contributed by atoms with Crippen LogP contribution in [0.1, 0.15) is 11.7 Å². The molecule has 9 heteroatoms. The summed E-state index contributed by atoms with van der Waals surface area (Å²) in [4.78, 5) is 7.55. The van der Waals surface area contributed by atoms with E-state index in [1.165, 1.54) is 12.4 Å². The predicted molar refractivity (Wildman–Crippen MR) is 62.4 cm³/mol. The third kappa shape index (κ3) is 3.03. The van der Waals surface area contributed by atoms with Crippen molar-refractivity contribution in [2.75, 3.05) is 0 Å². The number of thiazole rings is 1. The summed E-state index contributed by atoms with van der Waals surface area (Å²) < 4.78 is 31.2. The fourth-order valence-electron chi connectivity index (χ4n) is 1.07. The Labute approximate surface area is 107 Å². The van der Waals surface area contributed by atoms with Crippen molar-refractivity contribution in [1.82, 2.24) is 14.7 Å². The molecule has 0 atom stereocenters. The van der Waals surface area contributed by atoms with Gasteiger partial charge >= 0.3 is 0 Å². The van der Waals surface area contributed by atoms with E-state index < -0.39 is 10.0 Å². The maximum absolute atomic E-state index is 11.8. The Morgan fingerprint density at radius 3 is 2.76 bits per heavy atom. The lowest BCUT2D eigenvalue weighted by molar-refractivity contribution is 0.463. The molecule has 2 aromatic rings. The van der Waals surface area contributed by atoms with Crippen LogP contribution < -0.4 is 4.72 Å². The summed E-state index contributed by atoms with van der Waals surface area (Å²) in [7, 11) is -3.61. The molecule has 2 rings (SSSR count). The summed E-state index contributed by atoms with van der Waals surface area (Å²) in [6.45, 7) is 1.72. The van der Waals surface area contributed by atoms with Gasteiger partial charge in [-0.1, -0.05) is 22.9 Å². The van der Waals surface area contributed by atoms with Crippen LogP contribution in [-0.2, 0) is 16.6 Å². The molecular formula is C8H8ClN3O3S2. The van der Waals surface area contributed by atoms with E-state index in [1.807, 2.05) is 0 Å². The largest absolute Gasteiger partial charge is 0.445 e. The normalized spacial score (nSPS) is 11.9. The number of aryl methyl sites for hydroxylation is 1. The number of aromatic nitrogens is 2. The first-order chi connectivity index (χ1) is 7.97. The highest BCUT2D eigenvalue weighted by atomic mass is 35.5. The molecule has 92 valence electrons. The third-order valence-corrected chi connectivity index (χ3v) is 4.78. The number of oxazole rings is 1. The topological polar surface area (TPSA) is 85.1 Å². The Balaban J connectivity index is 2.08. The Morgan fingerprint density at radius 1 is 1.47 bits per heavy atom. The van der Waals surface area contributed by atoms with E-state index in [0.717, 1.165) is 11.3 Å². The molecule has 2 aromatic heterocycles. The Bertz CT molecular complexity index is 620. The van der Waals surface area contributed by atoms with Gasteiger partial charge in [0.1, 0.15) is 5.76 Å². The van der Waals surface area contributed by atoms with E-state index in [1.54, 1.807) is 6.92 Å². The third-order valence-electron chi connectivity index (χ3n) is 1.80. The SMILES string of the molecule is Cc1cnc(CNS(=O)(=O)c2cnc(Cl)s2)o1. The van der Waals surface area contributed by atoms with Gasteiger partial charge in [-0.05, 0) is 6.92 Å². The molecule has 0 saturated heterocycles. The van der Waals surface area contributed by atoms with Crippen molar-refractivity contribution in [3.8, 4) is 0 Å². The van der Waals surface area contributed by atoms with Crippen LogP contribution in [0.15, 0.2) is 21.0 Å². The molecule has 0 aromatic carbocycles. The average molecular weight is 294 g/mol. The van der Waals surface area contributed by atoms with E-state index >= 15 is 0 Å². The number of nitrogens with zero attached hydrogens (tertiary/aromatic N) is 2. The van der Waals surface area contributed by atoms with Gasteiger partial charge in [-0.3, -0.25) is 0 Å². The van der Waals surface area contributed by atoms with Crippen molar-refractivity contribution in [2.45, 2.75) is 17.7 Å². The van der Waals surface area contributed by atoms with Gasteiger partial charge in [0.05, 0.1) is 18.9 Å². The zero-order valence-corrected chi connectivity index (χ0v) is 11.1. The second kappa shape index (κ2) is 4.73. The maximum atomic E-state index is 11.8. The number of halogens is 1. The van der Waals surface area contributed by atoms with Crippen molar-refractivity contribution >= 4 is 33.0 Å². The molecule has 0 aliphatic heterocycles. The summed E-state index contributed by atoms with van der Waals surface area (Å²) in [5, 5.41) is 0. The Hall–Kier alpha value is -0.960. The Kier molecular flexibility index (Phi) is 3.48. The highest BCUT2D eigenvalue weighted by molar-refractivity contribution is 7.91. The number of nitrogens with one attached hydrogen (secondary N) is 1. The molecule has 0 amide bonds. The van der Waals surface area contributed by atoms with Crippen molar-refractivity contribution in [1.29, 1.82) is 0 Å². The summed E-state index contributed by atoms with van der Waals surface area (Å²) >= 11 is 6.46. The van der Waals surface area contributed by atoms with E-state index in [9.17, 15) is 8.42 Å². The minimum Gasteiger partial charge on any atom is -0.445 e. The number of hydrogen-bond donors (Lipinski definition) is 1. The number of sulfonamides is 1. The van der Waals surface area contributed by atoms with Gasteiger partial charge in [0, 0.05) is 0 Å². The van der Waals surface area contributed by atoms with Gasteiger partial charge < -0.3 is 4.42 Å². The molecule has 1 N–H and O–H groups in total. The minimum atomic E-state index is -3.61. The molecule has 6 nitrogen and oxygen atoms in total. The summed E-state index contributed by atoms with van der Waals surface area (Å²) in [5.74, 6) is 0.932. The molecular weight excluding hydrogens is 286 g/mol. The summed E-state index contributed by atoms with van der Waals surface area (Å²) in [5.41, 5.74) is 0. The quantitative estimate of drug-likeness (QED) is 0.925. The van der Waals surface area contributed by atoms with Crippen LogP contribution in [0.3, 0.4) is 0 Å². The van der Waals surface area contributed by atoms with Gasteiger partial charge in [-0.25, -0.2) is 23.1 Å². The van der Waals surface area contributed by atoms with E-state index in [-0.39, 0.29) is 15.2 Å². The molecule has 0 fully saturated rings. The molecule has 0 radical (unpaired) electrons. The maximum Gasteiger partial charge on any atom is 0.252 e. The van der Waals surface area contributed by atoms with Gasteiger partial charge in [-0.2, -0.15) is 0 Å². The van der Waals surface area contributed by atoms with Gasteiger partial charge in [-0.15, -0.1) is 0 Å². The fourth-order valence-corrected chi connectivity index (χ4v) is 3.39. The van der Waals surface area contributed by atoms with Crippen LogP contribution in [0, 0.1) is 6.92 Å². The molecule has 2 heterocycles. The lowest BCUT2D eigenvalue weighted by atomic mass is 10.6. The van der Waals surface area contributed by atoms with Crippen molar-refractivity contribution in [3.63, 3.8) is 0 Å². The second-order valence-electron chi connectivity index (χ2n) is 3.12. The van der Waals surface area contributed by atoms with Crippen LogP contribution in [-0.4, -0.2) is 18.4 Å².